The second-order valence-electron chi connectivity index (χ2n) is 7.52. The lowest BCUT2D eigenvalue weighted by molar-refractivity contribution is -0.169. The Labute approximate surface area is 158 Å². The molecule has 2 aliphatic heterocycles. The van der Waals surface area contributed by atoms with Gasteiger partial charge < -0.3 is 14.4 Å². The monoisotopic (exact) mass is 364 g/mol. The van der Waals surface area contributed by atoms with Crippen LogP contribution in [0.3, 0.4) is 0 Å². The molecule has 0 unspecified atom stereocenters. The lowest BCUT2D eigenvalue weighted by atomic mass is 10.0. The number of anilines is 1. The van der Waals surface area contributed by atoms with Crippen LogP contribution in [0.5, 0.6) is 0 Å². The zero-order valence-electron chi connectivity index (χ0n) is 15.8. The molecule has 0 radical (unpaired) electrons. The van der Waals surface area contributed by atoms with Crippen molar-refractivity contribution in [3.8, 4) is 11.3 Å². The van der Waals surface area contributed by atoms with E-state index in [4.69, 9.17) is 14.6 Å². The molecule has 140 valence electrons. The molecular formula is C21H24N4O2. The number of ether oxygens (including phenoxy) is 2. The van der Waals surface area contributed by atoms with E-state index in [1.54, 1.807) is 0 Å². The Hall–Kier alpha value is -2.44. The predicted octanol–water partition coefficient (Wildman–Crippen LogP) is 3.36. The maximum absolute atomic E-state index is 5.85. The quantitative estimate of drug-likeness (QED) is 0.698. The minimum Gasteiger partial charge on any atom is -0.354 e. The molecule has 5 rings (SSSR count). The number of aryl methyl sites for hydroxylation is 2. The van der Waals surface area contributed by atoms with Gasteiger partial charge in [-0.25, -0.2) is 9.50 Å². The lowest BCUT2D eigenvalue weighted by Gasteiger charge is -2.38. The zero-order valence-corrected chi connectivity index (χ0v) is 15.8. The number of piperidine rings is 1. The first-order valence-corrected chi connectivity index (χ1v) is 9.58. The molecule has 0 N–H and O–H groups in total. The van der Waals surface area contributed by atoms with Crippen molar-refractivity contribution in [3.05, 3.63) is 47.8 Å². The molecule has 6 nitrogen and oxygen atoms in total. The molecule has 1 aromatic carbocycles. The number of fused-ring (bicyclic) bond motifs is 1. The summed E-state index contributed by atoms with van der Waals surface area (Å²) in [6.45, 7) is 7.40. The van der Waals surface area contributed by atoms with Crippen molar-refractivity contribution >= 4 is 11.3 Å². The number of hydrogen-bond acceptors (Lipinski definition) is 5. The SMILES string of the molecule is Cc1ccc(-c2cc3c(N4CCC5(CC4)OCCO5)nccn3n2)c(C)c1. The fraction of sp³-hybridized carbons (Fsp3) is 0.429. The van der Waals surface area contributed by atoms with Crippen LogP contribution in [0.4, 0.5) is 5.82 Å². The summed E-state index contributed by atoms with van der Waals surface area (Å²) in [6.07, 6.45) is 5.48. The van der Waals surface area contributed by atoms with E-state index < -0.39 is 0 Å². The second-order valence-corrected chi connectivity index (χ2v) is 7.52. The molecule has 2 aliphatic rings. The van der Waals surface area contributed by atoms with Crippen molar-refractivity contribution in [3.63, 3.8) is 0 Å². The van der Waals surface area contributed by atoms with Crippen LogP contribution in [-0.2, 0) is 9.47 Å². The topological polar surface area (TPSA) is 51.9 Å². The molecular weight excluding hydrogens is 340 g/mol. The molecule has 2 aromatic heterocycles. The van der Waals surface area contributed by atoms with Gasteiger partial charge in [-0.3, -0.25) is 0 Å². The number of hydrogen-bond donors (Lipinski definition) is 0. The average molecular weight is 364 g/mol. The fourth-order valence-corrected chi connectivity index (χ4v) is 4.23. The van der Waals surface area contributed by atoms with Gasteiger partial charge in [-0.05, 0) is 25.5 Å². The molecule has 4 heterocycles. The molecule has 0 amide bonds. The Morgan fingerprint density at radius 1 is 1.04 bits per heavy atom. The van der Waals surface area contributed by atoms with Gasteiger partial charge >= 0.3 is 0 Å². The maximum Gasteiger partial charge on any atom is 0.171 e. The Kier molecular flexibility index (Phi) is 3.91. The summed E-state index contributed by atoms with van der Waals surface area (Å²) >= 11 is 0. The Morgan fingerprint density at radius 3 is 2.56 bits per heavy atom. The molecule has 0 atom stereocenters. The highest BCUT2D eigenvalue weighted by Crippen LogP contribution is 2.34. The summed E-state index contributed by atoms with van der Waals surface area (Å²) in [5.74, 6) is 0.611. The van der Waals surface area contributed by atoms with Gasteiger partial charge in [-0.2, -0.15) is 5.10 Å². The largest absolute Gasteiger partial charge is 0.354 e. The molecule has 3 aromatic rings. The first kappa shape index (κ1) is 16.7. The van der Waals surface area contributed by atoms with Crippen LogP contribution in [-0.4, -0.2) is 46.7 Å². The third-order valence-corrected chi connectivity index (χ3v) is 5.67. The smallest absolute Gasteiger partial charge is 0.171 e. The van der Waals surface area contributed by atoms with Crippen molar-refractivity contribution in [2.45, 2.75) is 32.5 Å². The van der Waals surface area contributed by atoms with Gasteiger partial charge in [0.1, 0.15) is 5.52 Å². The zero-order chi connectivity index (χ0) is 18.4. The minimum atomic E-state index is -0.369. The van der Waals surface area contributed by atoms with Crippen molar-refractivity contribution in [1.82, 2.24) is 14.6 Å². The molecule has 2 fully saturated rings. The number of rotatable bonds is 2. The van der Waals surface area contributed by atoms with Crippen LogP contribution >= 0.6 is 0 Å². The van der Waals surface area contributed by atoms with Crippen LogP contribution in [0.2, 0.25) is 0 Å². The highest BCUT2D eigenvalue weighted by Gasteiger charge is 2.40. The van der Waals surface area contributed by atoms with Gasteiger partial charge in [0, 0.05) is 43.9 Å². The van der Waals surface area contributed by atoms with Crippen LogP contribution in [0, 0.1) is 13.8 Å². The summed E-state index contributed by atoms with van der Waals surface area (Å²) in [6, 6.07) is 8.63. The Morgan fingerprint density at radius 2 is 1.81 bits per heavy atom. The van der Waals surface area contributed by atoms with E-state index in [0.29, 0.717) is 13.2 Å². The van der Waals surface area contributed by atoms with Crippen molar-refractivity contribution in [2.75, 3.05) is 31.2 Å². The van der Waals surface area contributed by atoms with E-state index in [0.717, 1.165) is 43.0 Å². The summed E-state index contributed by atoms with van der Waals surface area (Å²) in [4.78, 5) is 6.99. The second kappa shape index (κ2) is 6.32. The van der Waals surface area contributed by atoms with E-state index in [1.807, 2.05) is 16.9 Å². The first-order chi connectivity index (χ1) is 13.1. The number of aromatic nitrogens is 3. The molecule has 0 aliphatic carbocycles. The van der Waals surface area contributed by atoms with E-state index in [-0.39, 0.29) is 5.79 Å². The Bertz CT molecular complexity index is 981. The van der Waals surface area contributed by atoms with E-state index in [1.165, 1.54) is 16.7 Å². The summed E-state index contributed by atoms with van der Waals surface area (Å²) in [7, 11) is 0. The van der Waals surface area contributed by atoms with Crippen LogP contribution < -0.4 is 4.90 Å². The highest BCUT2D eigenvalue weighted by atomic mass is 16.7. The third kappa shape index (κ3) is 2.89. The van der Waals surface area contributed by atoms with Crippen molar-refractivity contribution in [1.29, 1.82) is 0 Å². The van der Waals surface area contributed by atoms with Crippen molar-refractivity contribution in [2.24, 2.45) is 0 Å². The Balaban J connectivity index is 1.48. The van der Waals surface area contributed by atoms with Crippen LogP contribution in [0.1, 0.15) is 24.0 Å². The van der Waals surface area contributed by atoms with Gasteiger partial charge in [0.25, 0.3) is 0 Å². The van der Waals surface area contributed by atoms with E-state index >= 15 is 0 Å². The van der Waals surface area contributed by atoms with Crippen LogP contribution in [0.15, 0.2) is 36.7 Å². The fourth-order valence-electron chi connectivity index (χ4n) is 4.23. The molecule has 27 heavy (non-hydrogen) atoms. The normalized spacial score (nSPS) is 19.3. The van der Waals surface area contributed by atoms with Gasteiger partial charge in [0.15, 0.2) is 11.6 Å². The highest BCUT2D eigenvalue weighted by molar-refractivity contribution is 5.76. The standard InChI is InChI=1S/C21H24N4O2/c1-15-3-4-17(16(2)13-15)18-14-19-20(22-7-10-25(19)23-18)24-8-5-21(6-9-24)26-11-12-27-21/h3-4,7,10,13-14H,5-6,8-9,11-12H2,1-2H3. The average Bonchev–Trinajstić information content (AvgIpc) is 3.29. The minimum absolute atomic E-state index is 0.369. The first-order valence-electron chi connectivity index (χ1n) is 9.58. The maximum atomic E-state index is 5.85. The van der Waals surface area contributed by atoms with Gasteiger partial charge in [0.2, 0.25) is 0 Å². The molecule has 2 saturated heterocycles. The van der Waals surface area contributed by atoms with Gasteiger partial charge in [-0.15, -0.1) is 0 Å². The summed E-state index contributed by atoms with van der Waals surface area (Å²) < 4.78 is 13.6. The number of nitrogens with zero attached hydrogens (tertiary/aromatic N) is 4. The summed E-state index contributed by atoms with van der Waals surface area (Å²) in [5.41, 5.74) is 5.69. The lowest BCUT2D eigenvalue weighted by Crippen LogP contribution is -2.45. The molecule has 6 heteroatoms. The molecule has 0 saturated carbocycles. The molecule has 1 spiro atoms. The molecule has 0 bridgehead atoms. The van der Waals surface area contributed by atoms with Crippen LogP contribution in [0.25, 0.3) is 16.8 Å². The van der Waals surface area contributed by atoms with E-state index in [9.17, 15) is 0 Å². The van der Waals surface area contributed by atoms with Gasteiger partial charge in [0.05, 0.1) is 18.9 Å². The summed E-state index contributed by atoms with van der Waals surface area (Å²) in [5, 5.41) is 4.80. The van der Waals surface area contributed by atoms with Gasteiger partial charge in [-0.1, -0.05) is 23.8 Å². The number of benzene rings is 1. The van der Waals surface area contributed by atoms with E-state index in [2.05, 4.69) is 48.0 Å². The van der Waals surface area contributed by atoms with Crippen molar-refractivity contribution < 1.29 is 9.47 Å². The predicted molar refractivity (Wildman–Crippen MR) is 104 cm³/mol. The third-order valence-electron chi connectivity index (χ3n) is 5.67.